The summed E-state index contributed by atoms with van der Waals surface area (Å²) in [5.41, 5.74) is -0.193. The van der Waals surface area contributed by atoms with Crippen molar-refractivity contribution in [1.29, 1.82) is 0 Å². The molecule has 1 aliphatic carbocycles. The molecule has 0 aromatic heterocycles. The van der Waals surface area contributed by atoms with Gasteiger partial charge in [0.05, 0.1) is 24.7 Å². The minimum absolute atomic E-state index is 0.0196. The molecule has 1 unspecified atom stereocenters. The number of aryl methyl sites for hydroxylation is 1. The molecule has 2 heterocycles. The van der Waals surface area contributed by atoms with Crippen molar-refractivity contribution in [2.45, 2.75) is 88.4 Å². The molecule has 3 aliphatic rings. The standard InChI is InChI=1S/C34H41F4NO5/c1-2-43-28-18-22(17-25(19-28)34(36,37)38)5-3-4-6-31(40)33(24-9-10-24)15-13-27(21-44-33)39-16-14-29(30(20-39)32(41)42)23-7-11-26(35)12-8-23/h7-8,11-12,17-19,24,27,29-30H,2-6,9-10,13-16,20-21H2,1H3,(H,41,42)/t27?,29-,30+,33-/m0/s1. The van der Waals surface area contributed by atoms with Crippen molar-refractivity contribution in [3.8, 4) is 5.75 Å². The zero-order valence-electron chi connectivity index (χ0n) is 25.1. The second kappa shape index (κ2) is 13.6. The Bertz CT molecular complexity index is 1300. The van der Waals surface area contributed by atoms with Crippen LogP contribution in [0.3, 0.4) is 0 Å². The Morgan fingerprint density at radius 3 is 2.43 bits per heavy atom. The first kappa shape index (κ1) is 32.4. The fraction of sp³-hybridized carbons (Fsp3) is 0.588. The van der Waals surface area contributed by atoms with E-state index in [1.54, 1.807) is 25.1 Å². The van der Waals surface area contributed by atoms with Gasteiger partial charge in [0.1, 0.15) is 17.2 Å². The number of halogens is 4. The summed E-state index contributed by atoms with van der Waals surface area (Å²) in [4.78, 5) is 28.0. The number of aliphatic carboxylic acids is 1. The molecular formula is C34H41F4NO5. The molecule has 0 bridgehead atoms. The number of carboxylic acid groups (broad SMARTS) is 1. The Hall–Kier alpha value is -2.98. The largest absolute Gasteiger partial charge is 0.494 e. The van der Waals surface area contributed by atoms with Gasteiger partial charge in [0.25, 0.3) is 0 Å². The number of carboxylic acids is 1. The van der Waals surface area contributed by atoms with Crippen LogP contribution in [-0.4, -0.2) is 59.7 Å². The third-order valence-corrected chi connectivity index (χ3v) is 9.59. The number of alkyl halides is 3. The Morgan fingerprint density at radius 2 is 1.82 bits per heavy atom. The van der Waals surface area contributed by atoms with Crippen LogP contribution in [0.1, 0.15) is 80.9 Å². The summed E-state index contributed by atoms with van der Waals surface area (Å²) in [6, 6.07) is 9.89. The number of unbranched alkanes of at least 4 members (excludes halogenated alkanes) is 1. The van der Waals surface area contributed by atoms with Crippen LogP contribution in [0.15, 0.2) is 42.5 Å². The lowest BCUT2D eigenvalue weighted by molar-refractivity contribution is -0.164. The summed E-state index contributed by atoms with van der Waals surface area (Å²) in [5, 5.41) is 10.0. The van der Waals surface area contributed by atoms with E-state index in [1.165, 1.54) is 12.1 Å². The van der Waals surface area contributed by atoms with Crippen LogP contribution in [0.25, 0.3) is 0 Å². The smallest absolute Gasteiger partial charge is 0.416 e. The Labute approximate surface area is 255 Å². The summed E-state index contributed by atoms with van der Waals surface area (Å²) >= 11 is 0. The summed E-state index contributed by atoms with van der Waals surface area (Å²) in [6.45, 7) is 3.43. The van der Waals surface area contributed by atoms with Crippen LogP contribution in [0, 0.1) is 17.7 Å². The highest BCUT2D eigenvalue weighted by Crippen LogP contribution is 2.48. The van der Waals surface area contributed by atoms with Crippen molar-refractivity contribution in [2.24, 2.45) is 11.8 Å². The van der Waals surface area contributed by atoms with E-state index in [1.807, 2.05) is 0 Å². The molecule has 4 atom stereocenters. The van der Waals surface area contributed by atoms with Crippen LogP contribution < -0.4 is 4.74 Å². The molecule has 2 aliphatic heterocycles. The van der Waals surface area contributed by atoms with Gasteiger partial charge in [-0.2, -0.15) is 13.2 Å². The van der Waals surface area contributed by atoms with Crippen molar-refractivity contribution in [3.05, 3.63) is 65.0 Å². The lowest BCUT2D eigenvalue weighted by atomic mass is 9.78. The molecule has 2 aromatic rings. The van der Waals surface area contributed by atoms with Crippen LogP contribution in [0.5, 0.6) is 5.75 Å². The van der Waals surface area contributed by atoms with E-state index in [0.717, 1.165) is 37.0 Å². The molecule has 0 radical (unpaired) electrons. The predicted molar refractivity (Wildman–Crippen MR) is 156 cm³/mol. The van der Waals surface area contributed by atoms with Crippen molar-refractivity contribution in [2.75, 3.05) is 26.3 Å². The van der Waals surface area contributed by atoms with E-state index < -0.39 is 29.2 Å². The molecule has 6 nitrogen and oxygen atoms in total. The Balaban J connectivity index is 1.15. The van der Waals surface area contributed by atoms with Crippen LogP contribution >= 0.6 is 0 Å². The molecule has 1 saturated carbocycles. The molecule has 240 valence electrons. The zero-order chi connectivity index (χ0) is 31.5. The monoisotopic (exact) mass is 619 g/mol. The number of hydrogen-bond acceptors (Lipinski definition) is 5. The lowest BCUT2D eigenvalue weighted by Crippen LogP contribution is -2.56. The van der Waals surface area contributed by atoms with E-state index in [2.05, 4.69) is 4.90 Å². The van der Waals surface area contributed by atoms with E-state index in [4.69, 9.17) is 9.47 Å². The predicted octanol–water partition coefficient (Wildman–Crippen LogP) is 7.04. The van der Waals surface area contributed by atoms with E-state index in [-0.39, 0.29) is 41.8 Å². The zero-order valence-corrected chi connectivity index (χ0v) is 25.1. The second-order valence-corrected chi connectivity index (χ2v) is 12.5. The van der Waals surface area contributed by atoms with Crippen molar-refractivity contribution < 1.29 is 41.7 Å². The maximum absolute atomic E-state index is 13.6. The SMILES string of the molecule is CCOc1cc(CCCCC(=O)[C@@]2(C3CC3)CCC(N3CC[C@@H](c4ccc(F)cc4)[C@H](C(=O)O)C3)CO2)cc(C(F)(F)F)c1. The average Bonchev–Trinajstić information content (AvgIpc) is 3.85. The van der Waals surface area contributed by atoms with Gasteiger partial charge in [0.15, 0.2) is 5.78 Å². The van der Waals surface area contributed by atoms with Gasteiger partial charge in [-0.15, -0.1) is 0 Å². The van der Waals surface area contributed by atoms with Crippen molar-refractivity contribution in [3.63, 3.8) is 0 Å². The number of likely N-dealkylation sites (tertiary alicyclic amines) is 1. The summed E-state index contributed by atoms with van der Waals surface area (Å²) in [6.07, 6.45) is 1.22. The first-order valence-electron chi connectivity index (χ1n) is 15.7. The number of carbonyl (C=O) groups is 2. The molecule has 2 saturated heterocycles. The third kappa shape index (κ3) is 7.45. The summed E-state index contributed by atoms with van der Waals surface area (Å²) in [7, 11) is 0. The fourth-order valence-electron chi connectivity index (χ4n) is 7.10. The molecular weight excluding hydrogens is 578 g/mol. The number of nitrogens with zero attached hydrogens (tertiary/aromatic N) is 1. The molecule has 10 heteroatoms. The number of piperidine rings is 1. The van der Waals surface area contributed by atoms with E-state index in [0.29, 0.717) is 63.8 Å². The van der Waals surface area contributed by atoms with Crippen molar-refractivity contribution in [1.82, 2.24) is 4.90 Å². The maximum Gasteiger partial charge on any atom is 0.416 e. The number of benzene rings is 2. The number of carbonyl (C=O) groups excluding carboxylic acids is 1. The highest BCUT2D eigenvalue weighted by Gasteiger charge is 2.53. The quantitative estimate of drug-likeness (QED) is 0.203. The van der Waals surface area contributed by atoms with Gasteiger partial charge < -0.3 is 14.6 Å². The molecule has 2 aromatic carbocycles. The molecule has 1 N–H and O–H groups in total. The molecule has 3 fully saturated rings. The summed E-state index contributed by atoms with van der Waals surface area (Å²) < 4.78 is 65.3. The topological polar surface area (TPSA) is 76.1 Å². The van der Waals surface area contributed by atoms with Gasteiger partial charge in [-0.3, -0.25) is 14.5 Å². The van der Waals surface area contributed by atoms with Crippen molar-refractivity contribution >= 4 is 11.8 Å². The molecule has 0 spiro atoms. The Kier molecular flexibility index (Phi) is 9.99. The maximum atomic E-state index is 13.6. The minimum atomic E-state index is -4.46. The Morgan fingerprint density at radius 1 is 1.07 bits per heavy atom. The highest BCUT2D eigenvalue weighted by molar-refractivity contribution is 5.88. The number of ketones is 1. The minimum Gasteiger partial charge on any atom is -0.494 e. The van der Waals surface area contributed by atoms with Gasteiger partial charge in [-0.25, -0.2) is 4.39 Å². The number of Topliss-reactive ketones (excluding diaryl/α,β-unsaturated/α-hetero) is 1. The highest BCUT2D eigenvalue weighted by atomic mass is 19.4. The lowest BCUT2D eigenvalue weighted by Gasteiger charge is -2.46. The van der Waals surface area contributed by atoms with E-state index in [9.17, 15) is 32.3 Å². The number of ether oxygens (including phenoxy) is 2. The third-order valence-electron chi connectivity index (χ3n) is 9.59. The molecule has 5 rings (SSSR count). The van der Waals surface area contributed by atoms with Gasteiger partial charge >= 0.3 is 12.1 Å². The second-order valence-electron chi connectivity index (χ2n) is 12.5. The van der Waals surface area contributed by atoms with Gasteiger partial charge in [-0.1, -0.05) is 12.1 Å². The normalized spacial score (nSPS) is 26.3. The van der Waals surface area contributed by atoms with E-state index >= 15 is 0 Å². The average molecular weight is 620 g/mol. The van der Waals surface area contributed by atoms with Crippen LogP contribution in [0.4, 0.5) is 17.6 Å². The first-order chi connectivity index (χ1) is 21.0. The van der Waals surface area contributed by atoms with Gasteiger partial charge in [0.2, 0.25) is 0 Å². The van der Waals surface area contributed by atoms with Crippen LogP contribution in [-0.2, 0) is 26.9 Å². The first-order valence-corrected chi connectivity index (χ1v) is 15.7. The number of hydrogen-bond donors (Lipinski definition) is 1. The number of rotatable bonds is 12. The van der Waals surface area contributed by atoms with Gasteiger partial charge in [0, 0.05) is 19.0 Å². The summed E-state index contributed by atoms with van der Waals surface area (Å²) in [5.74, 6) is -1.59. The van der Waals surface area contributed by atoms with Gasteiger partial charge in [-0.05, 0) is 118 Å². The molecule has 0 amide bonds. The fourth-order valence-corrected chi connectivity index (χ4v) is 7.10. The van der Waals surface area contributed by atoms with Crippen LogP contribution in [0.2, 0.25) is 0 Å². The molecule has 44 heavy (non-hydrogen) atoms.